The highest BCUT2D eigenvalue weighted by atomic mass is 32.2. The predicted molar refractivity (Wildman–Crippen MR) is 118 cm³/mol. The van der Waals surface area contributed by atoms with E-state index in [0.717, 1.165) is 17.7 Å². The van der Waals surface area contributed by atoms with Gasteiger partial charge >= 0.3 is 0 Å². The number of fused-ring (bicyclic) bond motifs is 5. The number of ether oxygens (including phenoxy) is 1. The van der Waals surface area contributed by atoms with Gasteiger partial charge in [0.25, 0.3) is 0 Å². The van der Waals surface area contributed by atoms with E-state index in [9.17, 15) is 12.8 Å². The molecule has 0 bridgehead atoms. The van der Waals surface area contributed by atoms with Crippen molar-refractivity contribution in [3.63, 3.8) is 0 Å². The van der Waals surface area contributed by atoms with E-state index < -0.39 is 9.84 Å². The van der Waals surface area contributed by atoms with Crippen LogP contribution in [0.2, 0.25) is 0 Å². The number of nitrogens with zero attached hydrogens (tertiary/aromatic N) is 4. The number of halogens is 1. The van der Waals surface area contributed by atoms with Crippen molar-refractivity contribution in [1.29, 1.82) is 0 Å². The number of rotatable bonds is 4. The number of hydrogen-bond donors (Lipinski definition) is 1. The Balaban J connectivity index is 1.28. The molecule has 1 N–H and O–H groups in total. The summed E-state index contributed by atoms with van der Waals surface area (Å²) in [5.41, 5.74) is 4.00. The second-order valence-corrected chi connectivity index (χ2v) is 10.2. The highest BCUT2D eigenvalue weighted by Crippen LogP contribution is 2.55. The molecular weight excluding hydrogens is 445 g/mol. The van der Waals surface area contributed by atoms with E-state index in [1.54, 1.807) is 34.9 Å². The third-order valence-corrected chi connectivity index (χ3v) is 7.94. The van der Waals surface area contributed by atoms with Crippen molar-refractivity contribution in [3.8, 4) is 16.9 Å². The first-order chi connectivity index (χ1) is 16.0. The fourth-order valence-electron chi connectivity index (χ4n) is 4.81. The van der Waals surface area contributed by atoms with Crippen molar-refractivity contribution < 1.29 is 17.5 Å². The van der Waals surface area contributed by atoms with Gasteiger partial charge in [0.1, 0.15) is 24.0 Å². The lowest BCUT2D eigenvalue weighted by atomic mass is 10.0. The van der Waals surface area contributed by atoms with Crippen LogP contribution in [0.5, 0.6) is 5.75 Å². The highest BCUT2D eigenvalue weighted by Gasteiger charge is 2.49. The molecule has 7 rings (SSSR count). The first-order valence-electron chi connectivity index (χ1n) is 10.5. The summed E-state index contributed by atoms with van der Waals surface area (Å²) in [7, 11) is -3.44. The average Bonchev–Trinajstić information content (AvgIpc) is 3.12. The third-order valence-electron chi connectivity index (χ3n) is 6.47. The summed E-state index contributed by atoms with van der Waals surface area (Å²) in [4.78, 5) is 4.79. The highest BCUT2D eigenvalue weighted by molar-refractivity contribution is 7.94. The minimum atomic E-state index is -3.44. The van der Waals surface area contributed by atoms with Crippen LogP contribution in [0.4, 0.5) is 10.3 Å². The lowest BCUT2D eigenvalue weighted by molar-refractivity contribution is 0.318. The zero-order chi connectivity index (χ0) is 22.3. The number of anilines is 1. The van der Waals surface area contributed by atoms with Crippen LogP contribution in [0, 0.1) is 5.82 Å². The number of nitrogens with one attached hydrogen (secondary N) is 1. The Morgan fingerprint density at radius 3 is 3.03 bits per heavy atom. The predicted octanol–water partition coefficient (Wildman–Crippen LogP) is 3.55. The summed E-state index contributed by atoms with van der Waals surface area (Å²) in [6.07, 6.45) is 5.85. The van der Waals surface area contributed by atoms with Crippen LogP contribution in [0.25, 0.3) is 22.9 Å². The molecule has 1 fully saturated rings. The van der Waals surface area contributed by atoms with Crippen molar-refractivity contribution in [2.45, 2.75) is 29.9 Å². The van der Waals surface area contributed by atoms with Crippen LogP contribution in [-0.2, 0) is 16.4 Å². The zero-order valence-electron chi connectivity index (χ0n) is 17.1. The average molecular weight is 461 g/mol. The minimum Gasteiger partial charge on any atom is -0.489 e. The number of sulfone groups is 1. The largest absolute Gasteiger partial charge is 0.489 e. The normalized spacial score (nSPS) is 20.9. The van der Waals surface area contributed by atoms with Crippen LogP contribution in [0.3, 0.4) is 0 Å². The van der Waals surface area contributed by atoms with E-state index in [0.29, 0.717) is 33.8 Å². The van der Waals surface area contributed by atoms with E-state index in [-0.39, 0.29) is 29.3 Å². The molecule has 3 aliphatic rings. The Morgan fingerprint density at radius 2 is 2.12 bits per heavy atom. The Hall–Kier alpha value is -3.79. The van der Waals surface area contributed by atoms with Gasteiger partial charge in [0, 0.05) is 46.3 Å². The fourth-order valence-corrected chi connectivity index (χ4v) is 6.03. The topological polar surface area (TPSA) is 98.5 Å². The van der Waals surface area contributed by atoms with E-state index in [4.69, 9.17) is 4.74 Å². The standard InChI is InChI=1S/C23H16FN5O3S/c24-17-4-5-18-21(14-8-19(14)32-18)16(17)10-26-23-25-9-15(22-28-27-11-29(22)23)12-2-1-3-20-13(12)6-7-33(20,30)31/h1-7,9,11,14,19H,8,10H2,(H,25,26)/t14-,19?/m0/s1. The van der Waals surface area contributed by atoms with E-state index >= 15 is 0 Å². The Morgan fingerprint density at radius 1 is 1.21 bits per heavy atom. The molecule has 0 spiro atoms. The van der Waals surface area contributed by atoms with Crippen LogP contribution in [0.1, 0.15) is 29.0 Å². The van der Waals surface area contributed by atoms with Crippen LogP contribution >= 0.6 is 0 Å². The SMILES string of the molecule is O=S1(=O)C=Cc2c(-c3cnc(NCc4c(F)ccc5c4[C@H]4CC4O5)n4cnnc34)cccc21. The van der Waals surface area contributed by atoms with Gasteiger partial charge in [0.2, 0.25) is 5.95 Å². The number of hydrogen-bond acceptors (Lipinski definition) is 7. The minimum absolute atomic E-state index is 0.174. The maximum atomic E-state index is 14.7. The molecule has 2 aromatic heterocycles. The molecule has 4 aromatic rings. The molecule has 10 heteroatoms. The third kappa shape index (κ3) is 2.67. The molecule has 2 aromatic carbocycles. The van der Waals surface area contributed by atoms with E-state index in [1.807, 2.05) is 6.07 Å². The maximum absolute atomic E-state index is 14.7. The van der Waals surface area contributed by atoms with Gasteiger partial charge in [-0.05, 0) is 36.3 Å². The van der Waals surface area contributed by atoms with Crippen molar-refractivity contribution in [2.75, 3.05) is 5.32 Å². The van der Waals surface area contributed by atoms with Gasteiger partial charge in [-0.2, -0.15) is 0 Å². The molecular formula is C23H16FN5O3S. The number of aromatic nitrogens is 4. The molecule has 0 saturated heterocycles. The van der Waals surface area contributed by atoms with Crippen LogP contribution < -0.4 is 10.1 Å². The first kappa shape index (κ1) is 18.8. The molecule has 33 heavy (non-hydrogen) atoms. The zero-order valence-corrected chi connectivity index (χ0v) is 17.9. The van der Waals surface area contributed by atoms with Crippen LogP contribution in [0.15, 0.2) is 53.2 Å². The molecule has 4 heterocycles. The van der Waals surface area contributed by atoms with Gasteiger partial charge in [-0.15, -0.1) is 10.2 Å². The Kier molecular flexibility index (Phi) is 3.63. The lowest BCUT2D eigenvalue weighted by Crippen LogP contribution is -2.10. The monoisotopic (exact) mass is 461 g/mol. The fraction of sp³-hybridized carbons (Fsp3) is 0.174. The molecule has 2 atom stereocenters. The molecule has 1 saturated carbocycles. The van der Waals surface area contributed by atoms with Crippen molar-refractivity contribution in [3.05, 3.63) is 70.8 Å². The van der Waals surface area contributed by atoms with Crippen molar-refractivity contribution in [2.24, 2.45) is 0 Å². The number of benzene rings is 2. The van der Waals surface area contributed by atoms with E-state index in [2.05, 4.69) is 20.5 Å². The van der Waals surface area contributed by atoms with Gasteiger partial charge in [0.15, 0.2) is 15.5 Å². The summed E-state index contributed by atoms with van der Waals surface area (Å²) < 4.78 is 46.7. The molecule has 2 aliphatic heterocycles. The van der Waals surface area contributed by atoms with Crippen molar-refractivity contribution in [1.82, 2.24) is 19.6 Å². The Bertz CT molecular complexity index is 1630. The lowest BCUT2D eigenvalue weighted by Gasteiger charge is -2.14. The summed E-state index contributed by atoms with van der Waals surface area (Å²) in [6.45, 7) is 0.239. The van der Waals surface area contributed by atoms with Gasteiger partial charge in [-0.3, -0.25) is 4.40 Å². The van der Waals surface area contributed by atoms with Crippen molar-refractivity contribution >= 4 is 27.5 Å². The molecule has 0 amide bonds. The molecule has 164 valence electrons. The summed E-state index contributed by atoms with van der Waals surface area (Å²) in [5, 5.41) is 12.7. The van der Waals surface area contributed by atoms with E-state index in [1.165, 1.54) is 17.8 Å². The van der Waals surface area contributed by atoms with Gasteiger partial charge in [-0.1, -0.05) is 12.1 Å². The van der Waals surface area contributed by atoms with Crippen LogP contribution in [-0.4, -0.2) is 34.1 Å². The summed E-state index contributed by atoms with van der Waals surface area (Å²) in [5.74, 6) is 1.20. The second-order valence-electron chi connectivity index (χ2n) is 8.37. The Labute approximate surface area is 187 Å². The summed E-state index contributed by atoms with van der Waals surface area (Å²) >= 11 is 0. The van der Waals surface area contributed by atoms with Gasteiger partial charge in [-0.25, -0.2) is 17.8 Å². The smallest absolute Gasteiger partial charge is 0.210 e. The molecule has 1 aliphatic carbocycles. The molecule has 1 unspecified atom stereocenters. The molecule has 8 nitrogen and oxygen atoms in total. The summed E-state index contributed by atoms with van der Waals surface area (Å²) in [6, 6.07) is 8.24. The van der Waals surface area contributed by atoms with Gasteiger partial charge < -0.3 is 10.1 Å². The molecule has 0 radical (unpaired) electrons. The first-order valence-corrected chi connectivity index (χ1v) is 12.0. The quantitative estimate of drug-likeness (QED) is 0.496. The maximum Gasteiger partial charge on any atom is 0.210 e. The van der Waals surface area contributed by atoms with Gasteiger partial charge in [0.05, 0.1) is 4.90 Å². The second kappa shape index (κ2) is 6.38.